The van der Waals surface area contributed by atoms with E-state index in [1.54, 1.807) is 0 Å². The van der Waals surface area contributed by atoms with Crippen LogP contribution in [-0.2, 0) is 0 Å². The maximum absolute atomic E-state index is 12.6. The molecule has 1 amide bonds. The normalized spacial score (nSPS) is 16.6. The third-order valence-electron chi connectivity index (χ3n) is 3.65. The van der Waals surface area contributed by atoms with Crippen LogP contribution in [0.1, 0.15) is 23.2 Å². The van der Waals surface area contributed by atoms with Crippen molar-refractivity contribution >= 4 is 27.5 Å². The van der Waals surface area contributed by atoms with Gasteiger partial charge in [0.1, 0.15) is 4.47 Å². The van der Waals surface area contributed by atoms with E-state index in [2.05, 4.69) is 15.9 Å². The Bertz CT molecular complexity index is 599. The SMILES string of the molecule is O=C(c1cccc([N+](=O)[O-])c1Br)N1CCC(C(F)(F)F)CC1. The Labute approximate surface area is 132 Å². The number of nitro groups is 1. The number of hydrogen-bond donors (Lipinski definition) is 0. The molecule has 0 bridgehead atoms. The second-order valence-corrected chi connectivity index (χ2v) is 5.80. The molecule has 120 valence electrons. The molecule has 2 rings (SSSR count). The first-order valence-corrected chi connectivity index (χ1v) is 7.30. The molecule has 0 N–H and O–H groups in total. The van der Waals surface area contributed by atoms with Gasteiger partial charge < -0.3 is 4.90 Å². The summed E-state index contributed by atoms with van der Waals surface area (Å²) < 4.78 is 37.9. The summed E-state index contributed by atoms with van der Waals surface area (Å²) in [7, 11) is 0. The van der Waals surface area contributed by atoms with Crippen LogP contribution in [0.15, 0.2) is 22.7 Å². The number of hydrogen-bond acceptors (Lipinski definition) is 3. The van der Waals surface area contributed by atoms with E-state index in [1.165, 1.54) is 23.1 Å². The Kier molecular flexibility index (Phi) is 4.74. The third kappa shape index (κ3) is 3.40. The fraction of sp³-hybridized carbons (Fsp3) is 0.462. The maximum atomic E-state index is 12.6. The van der Waals surface area contributed by atoms with E-state index >= 15 is 0 Å². The average Bonchev–Trinajstić information content (AvgIpc) is 2.45. The zero-order valence-electron chi connectivity index (χ0n) is 11.3. The summed E-state index contributed by atoms with van der Waals surface area (Å²) in [6.45, 7) is -0.0315. The van der Waals surface area contributed by atoms with Crippen LogP contribution in [0.5, 0.6) is 0 Å². The Morgan fingerprint density at radius 3 is 2.41 bits per heavy atom. The smallest absolute Gasteiger partial charge is 0.339 e. The molecular weight excluding hydrogens is 369 g/mol. The van der Waals surface area contributed by atoms with Crippen molar-refractivity contribution in [1.29, 1.82) is 0 Å². The minimum atomic E-state index is -4.25. The van der Waals surface area contributed by atoms with Crippen LogP contribution in [0.25, 0.3) is 0 Å². The Morgan fingerprint density at radius 2 is 1.91 bits per heavy atom. The molecule has 1 heterocycles. The summed E-state index contributed by atoms with van der Waals surface area (Å²) >= 11 is 3.02. The van der Waals surface area contributed by atoms with E-state index in [9.17, 15) is 28.1 Å². The summed E-state index contributed by atoms with van der Waals surface area (Å²) in [5.41, 5.74) is -0.171. The summed E-state index contributed by atoms with van der Waals surface area (Å²) in [6.07, 6.45) is -4.55. The van der Waals surface area contributed by atoms with E-state index in [0.29, 0.717) is 0 Å². The van der Waals surface area contributed by atoms with Crippen LogP contribution >= 0.6 is 15.9 Å². The highest BCUT2D eigenvalue weighted by Crippen LogP contribution is 2.35. The number of nitrogens with zero attached hydrogens (tertiary/aromatic N) is 2. The lowest BCUT2D eigenvalue weighted by atomic mass is 9.96. The summed E-state index contributed by atoms with van der Waals surface area (Å²) in [5.74, 6) is -1.90. The number of rotatable bonds is 2. The van der Waals surface area contributed by atoms with Crippen LogP contribution < -0.4 is 0 Å². The zero-order chi connectivity index (χ0) is 16.5. The molecule has 0 atom stereocenters. The fourth-order valence-corrected chi connectivity index (χ4v) is 2.98. The zero-order valence-corrected chi connectivity index (χ0v) is 12.9. The Balaban J connectivity index is 2.14. The number of benzene rings is 1. The quantitative estimate of drug-likeness (QED) is 0.579. The highest BCUT2D eigenvalue weighted by Gasteiger charge is 2.42. The molecule has 0 spiro atoms. The lowest BCUT2D eigenvalue weighted by Crippen LogP contribution is -2.42. The molecule has 0 unspecified atom stereocenters. The maximum Gasteiger partial charge on any atom is 0.391 e. The Morgan fingerprint density at radius 1 is 1.32 bits per heavy atom. The molecule has 0 aliphatic carbocycles. The molecule has 0 radical (unpaired) electrons. The molecule has 1 aliphatic heterocycles. The monoisotopic (exact) mass is 380 g/mol. The van der Waals surface area contributed by atoms with Crippen molar-refractivity contribution < 1.29 is 22.9 Å². The van der Waals surface area contributed by atoms with Crippen LogP contribution in [-0.4, -0.2) is 35.0 Å². The van der Waals surface area contributed by atoms with Gasteiger partial charge in [-0.1, -0.05) is 6.07 Å². The molecule has 0 saturated carbocycles. The number of halogens is 4. The second-order valence-electron chi connectivity index (χ2n) is 5.00. The molecule has 22 heavy (non-hydrogen) atoms. The molecule has 1 fully saturated rings. The van der Waals surface area contributed by atoms with Crippen LogP contribution in [0.4, 0.5) is 18.9 Å². The van der Waals surface area contributed by atoms with Gasteiger partial charge in [0.15, 0.2) is 0 Å². The number of alkyl halides is 3. The summed E-state index contributed by atoms with van der Waals surface area (Å²) in [5, 5.41) is 10.9. The van der Waals surface area contributed by atoms with Crippen molar-refractivity contribution in [3.05, 3.63) is 38.3 Å². The van der Waals surface area contributed by atoms with Crippen LogP contribution in [0.3, 0.4) is 0 Å². The Hall–Kier alpha value is -1.64. The summed E-state index contributed by atoms with van der Waals surface area (Å²) in [6, 6.07) is 4.03. The molecule has 1 saturated heterocycles. The molecule has 0 aromatic heterocycles. The standard InChI is InChI=1S/C13H12BrF3N2O3/c14-11-9(2-1-3-10(11)19(21)22)12(20)18-6-4-8(5-7-18)13(15,16)17/h1-3,8H,4-7H2. The third-order valence-corrected chi connectivity index (χ3v) is 4.48. The fourth-order valence-electron chi connectivity index (χ4n) is 2.41. The van der Waals surface area contributed by atoms with E-state index in [1.807, 2.05) is 0 Å². The van der Waals surface area contributed by atoms with E-state index in [-0.39, 0.29) is 41.7 Å². The predicted octanol–water partition coefficient (Wildman–Crippen LogP) is 3.77. The van der Waals surface area contributed by atoms with Gasteiger partial charge in [0.2, 0.25) is 0 Å². The highest BCUT2D eigenvalue weighted by atomic mass is 79.9. The largest absolute Gasteiger partial charge is 0.391 e. The lowest BCUT2D eigenvalue weighted by Gasteiger charge is -2.33. The number of carbonyl (C=O) groups excluding carboxylic acids is 1. The molecule has 5 nitrogen and oxygen atoms in total. The second kappa shape index (κ2) is 6.23. The first-order chi connectivity index (χ1) is 10.2. The predicted molar refractivity (Wildman–Crippen MR) is 75.5 cm³/mol. The topological polar surface area (TPSA) is 63.4 Å². The molecular formula is C13H12BrF3N2O3. The van der Waals surface area contributed by atoms with Gasteiger partial charge in [-0.2, -0.15) is 13.2 Å². The lowest BCUT2D eigenvalue weighted by molar-refractivity contribution is -0.385. The van der Waals surface area contributed by atoms with E-state index < -0.39 is 22.9 Å². The molecule has 1 aromatic rings. The van der Waals surface area contributed by atoms with Gasteiger partial charge in [0.05, 0.1) is 16.4 Å². The number of piperidine rings is 1. The number of nitro benzene ring substituents is 1. The van der Waals surface area contributed by atoms with Gasteiger partial charge in [0, 0.05) is 19.2 Å². The highest BCUT2D eigenvalue weighted by molar-refractivity contribution is 9.10. The van der Waals surface area contributed by atoms with Gasteiger partial charge in [-0.25, -0.2) is 0 Å². The number of likely N-dealkylation sites (tertiary alicyclic amines) is 1. The van der Waals surface area contributed by atoms with E-state index in [0.717, 1.165) is 0 Å². The van der Waals surface area contributed by atoms with Gasteiger partial charge in [0.25, 0.3) is 11.6 Å². The minimum Gasteiger partial charge on any atom is -0.339 e. The first-order valence-electron chi connectivity index (χ1n) is 6.50. The van der Waals surface area contributed by atoms with Crippen molar-refractivity contribution in [3.63, 3.8) is 0 Å². The van der Waals surface area contributed by atoms with Crippen LogP contribution in [0.2, 0.25) is 0 Å². The molecule has 1 aromatic carbocycles. The minimum absolute atomic E-state index is 0.0157. The van der Waals surface area contributed by atoms with Crippen molar-refractivity contribution in [2.24, 2.45) is 5.92 Å². The van der Waals surface area contributed by atoms with Crippen molar-refractivity contribution in [2.45, 2.75) is 19.0 Å². The summed E-state index contributed by atoms with van der Waals surface area (Å²) in [4.78, 5) is 23.9. The van der Waals surface area contributed by atoms with Crippen molar-refractivity contribution in [3.8, 4) is 0 Å². The van der Waals surface area contributed by atoms with E-state index in [4.69, 9.17) is 0 Å². The van der Waals surface area contributed by atoms with Gasteiger partial charge in [-0.3, -0.25) is 14.9 Å². The van der Waals surface area contributed by atoms with Crippen molar-refractivity contribution in [2.75, 3.05) is 13.1 Å². The van der Waals surface area contributed by atoms with Crippen LogP contribution in [0, 0.1) is 16.0 Å². The number of carbonyl (C=O) groups is 1. The van der Waals surface area contributed by atoms with Gasteiger partial charge >= 0.3 is 6.18 Å². The molecule has 9 heteroatoms. The van der Waals surface area contributed by atoms with Gasteiger partial charge in [-0.05, 0) is 34.8 Å². The molecule has 1 aliphatic rings. The average molecular weight is 381 g/mol. The van der Waals surface area contributed by atoms with Crippen molar-refractivity contribution in [1.82, 2.24) is 4.90 Å². The number of amides is 1. The first kappa shape index (κ1) is 16.7. The van der Waals surface area contributed by atoms with Gasteiger partial charge in [-0.15, -0.1) is 0 Å².